The van der Waals surface area contributed by atoms with E-state index in [1.807, 2.05) is 0 Å². The van der Waals surface area contributed by atoms with Crippen molar-refractivity contribution in [3.63, 3.8) is 0 Å². The fourth-order valence-electron chi connectivity index (χ4n) is 0.149. The van der Waals surface area contributed by atoms with Gasteiger partial charge in [-0.15, -0.1) is 0 Å². The van der Waals surface area contributed by atoms with Crippen molar-refractivity contribution >= 4 is 79.4 Å². The number of nitrogens with two attached hydrogens (primary N) is 1. The van der Waals surface area contributed by atoms with Crippen molar-refractivity contribution in [1.82, 2.24) is 0 Å². The molecule has 0 bridgehead atoms. The van der Waals surface area contributed by atoms with Gasteiger partial charge in [-0.2, -0.15) is 16.8 Å². The summed E-state index contributed by atoms with van der Waals surface area (Å²) in [5, 5.41) is 0. The summed E-state index contributed by atoms with van der Waals surface area (Å²) in [5.41, 5.74) is 4.78. The summed E-state index contributed by atoms with van der Waals surface area (Å²) in [6.07, 6.45) is 0. The van der Waals surface area contributed by atoms with Gasteiger partial charge >= 0.3 is 59.1 Å². The van der Waals surface area contributed by atoms with Crippen LogP contribution in [0.4, 0.5) is 0 Å². The Morgan fingerprint density at radius 1 is 1.00 bits per heavy atom. The van der Waals surface area contributed by atoms with Gasteiger partial charge in [0.2, 0.25) is 0 Å². The fourth-order valence-corrected chi connectivity index (χ4v) is 0.447. The molecule has 0 unspecified atom stereocenters. The molecule has 0 aliphatic heterocycles. The Bertz CT molecular complexity index is 312. The van der Waals surface area contributed by atoms with Gasteiger partial charge in [0.05, 0.1) is 11.5 Å². The van der Waals surface area contributed by atoms with Gasteiger partial charge in [0, 0.05) is 6.54 Å². The van der Waals surface area contributed by atoms with Crippen LogP contribution in [-0.4, -0.2) is 103 Å². The summed E-state index contributed by atoms with van der Waals surface area (Å²) < 4.78 is 54.2. The molecule has 7 nitrogen and oxygen atoms in total. The van der Waals surface area contributed by atoms with Crippen LogP contribution in [-0.2, 0) is 20.2 Å². The first-order valence-electron chi connectivity index (χ1n) is 3.22. The Morgan fingerprint density at radius 3 is 1.27 bits per heavy atom. The third-order valence-corrected chi connectivity index (χ3v) is 2.22. The molecule has 0 spiro atoms. The molecule has 0 aromatic rings. The summed E-state index contributed by atoms with van der Waals surface area (Å²) in [6, 6.07) is 0. The average Bonchev–Trinajstić information content (AvgIpc) is 1.84. The van der Waals surface area contributed by atoms with Crippen LogP contribution >= 0.6 is 0 Å². The average molecular weight is 283 g/mol. The molecule has 0 amide bonds. The number of rotatable bonds is 3. The standard InChI is InChI=1S/C2H7NO3S.C2H6O3S.2Na.2H/c3-1-2-7(4,5)6;1-2-6(3,4)5;;;;/h1-3H2,(H,4,5,6);2H2,1H3,(H,3,4,5);;;;. The molecule has 0 aliphatic rings. The van der Waals surface area contributed by atoms with E-state index in [0.29, 0.717) is 0 Å². The van der Waals surface area contributed by atoms with Gasteiger partial charge in [-0.1, -0.05) is 0 Å². The van der Waals surface area contributed by atoms with Crippen LogP contribution < -0.4 is 5.73 Å². The van der Waals surface area contributed by atoms with Crippen LogP contribution in [0.25, 0.3) is 0 Å². The molecule has 0 atom stereocenters. The van der Waals surface area contributed by atoms with Crippen molar-refractivity contribution in [2.75, 3.05) is 18.1 Å². The van der Waals surface area contributed by atoms with Crippen LogP contribution in [0.2, 0.25) is 0 Å². The van der Waals surface area contributed by atoms with E-state index in [1.54, 1.807) is 0 Å². The van der Waals surface area contributed by atoms with Gasteiger partial charge in [0.25, 0.3) is 20.2 Å². The van der Waals surface area contributed by atoms with Gasteiger partial charge in [0.15, 0.2) is 0 Å². The summed E-state index contributed by atoms with van der Waals surface area (Å²) in [4.78, 5) is 0. The molecule has 4 N–H and O–H groups in total. The van der Waals surface area contributed by atoms with E-state index in [1.165, 1.54) is 6.92 Å². The van der Waals surface area contributed by atoms with E-state index >= 15 is 0 Å². The van der Waals surface area contributed by atoms with Gasteiger partial charge < -0.3 is 5.73 Å². The van der Waals surface area contributed by atoms with Crippen LogP contribution in [0.3, 0.4) is 0 Å². The monoisotopic (exact) mass is 283 g/mol. The summed E-state index contributed by atoms with van der Waals surface area (Å²) in [5.74, 6) is -0.556. The van der Waals surface area contributed by atoms with Crippen molar-refractivity contribution in [3.05, 3.63) is 0 Å². The fraction of sp³-hybridized carbons (Fsp3) is 1.00. The van der Waals surface area contributed by atoms with Crippen molar-refractivity contribution < 1.29 is 25.9 Å². The van der Waals surface area contributed by atoms with Crippen LogP contribution in [0, 0.1) is 0 Å². The zero-order valence-electron chi connectivity index (χ0n) is 7.04. The second-order valence-corrected chi connectivity index (χ2v) is 5.26. The van der Waals surface area contributed by atoms with Crippen LogP contribution in [0.15, 0.2) is 0 Å². The second kappa shape index (κ2) is 12.2. The topological polar surface area (TPSA) is 135 Å². The van der Waals surface area contributed by atoms with Crippen molar-refractivity contribution in [1.29, 1.82) is 0 Å². The molecule has 0 aromatic heterocycles. The van der Waals surface area contributed by atoms with E-state index in [-0.39, 0.29) is 77.2 Å². The number of hydrogen-bond donors (Lipinski definition) is 3. The first kappa shape index (κ1) is 25.6. The quantitative estimate of drug-likeness (QED) is 0.382. The molecule has 11 heteroatoms. The molecule has 86 valence electrons. The van der Waals surface area contributed by atoms with E-state index in [9.17, 15) is 16.8 Å². The van der Waals surface area contributed by atoms with E-state index in [2.05, 4.69) is 0 Å². The van der Waals surface area contributed by atoms with Gasteiger partial charge in [-0.25, -0.2) is 0 Å². The predicted molar refractivity (Wildman–Crippen MR) is 61.9 cm³/mol. The van der Waals surface area contributed by atoms with Gasteiger partial charge in [0.1, 0.15) is 0 Å². The normalized spacial score (nSPS) is 10.1. The first-order chi connectivity index (χ1) is 5.62. The minimum absolute atomic E-state index is 0. The summed E-state index contributed by atoms with van der Waals surface area (Å²) >= 11 is 0. The predicted octanol–water partition coefficient (Wildman–Crippen LogP) is -2.57. The molecule has 0 saturated carbocycles. The Hall–Kier alpha value is 1.78. The van der Waals surface area contributed by atoms with Gasteiger partial charge in [-0.05, 0) is 6.92 Å². The first-order valence-corrected chi connectivity index (χ1v) is 6.44. The Morgan fingerprint density at radius 2 is 1.27 bits per heavy atom. The van der Waals surface area contributed by atoms with Gasteiger partial charge in [-0.3, -0.25) is 9.11 Å². The summed E-state index contributed by atoms with van der Waals surface area (Å²) in [6.45, 7) is 1.34. The van der Waals surface area contributed by atoms with Crippen molar-refractivity contribution in [3.8, 4) is 0 Å². The van der Waals surface area contributed by atoms with E-state index in [0.717, 1.165) is 0 Å². The zero-order chi connectivity index (χ0) is 11.1. The molecule has 0 aliphatic carbocycles. The zero-order valence-corrected chi connectivity index (χ0v) is 8.68. The Kier molecular flexibility index (Phi) is 20.9. The molecule has 0 rings (SSSR count). The molecule has 0 radical (unpaired) electrons. The van der Waals surface area contributed by atoms with Crippen LogP contribution in [0.5, 0.6) is 0 Å². The third-order valence-electron chi connectivity index (χ3n) is 0.741. The van der Waals surface area contributed by atoms with Crippen molar-refractivity contribution in [2.24, 2.45) is 5.73 Å². The maximum absolute atomic E-state index is 9.71. The molecule has 0 heterocycles. The van der Waals surface area contributed by atoms with Crippen LogP contribution in [0.1, 0.15) is 6.92 Å². The molecular weight excluding hydrogens is 268 g/mol. The molecule has 15 heavy (non-hydrogen) atoms. The molecular formula is C4H15NNa2O6S2. The Balaban J connectivity index is -0.0000000718. The SMILES string of the molecule is CCS(=O)(=O)O.NCCS(=O)(=O)O.[NaH].[NaH]. The van der Waals surface area contributed by atoms with E-state index in [4.69, 9.17) is 14.8 Å². The molecule has 0 fully saturated rings. The summed E-state index contributed by atoms with van der Waals surface area (Å²) in [7, 11) is -7.46. The minimum atomic E-state index is -3.80. The Labute approximate surface area is 134 Å². The third kappa shape index (κ3) is 38.9. The van der Waals surface area contributed by atoms with E-state index < -0.39 is 20.2 Å². The van der Waals surface area contributed by atoms with Crippen molar-refractivity contribution in [2.45, 2.75) is 6.92 Å². The maximum atomic E-state index is 9.71. The number of hydrogen-bond acceptors (Lipinski definition) is 5. The molecule has 0 aromatic carbocycles. The second-order valence-electron chi connectivity index (χ2n) is 1.95. The molecule has 0 saturated heterocycles.